The van der Waals surface area contributed by atoms with Crippen molar-refractivity contribution in [1.82, 2.24) is 0 Å². The van der Waals surface area contributed by atoms with E-state index in [-0.39, 0.29) is 24.4 Å². The molecule has 15 heavy (non-hydrogen) atoms. The summed E-state index contributed by atoms with van der Waals surface area (Å²) in [5, 5.41) is 11.5. The molecule has 0 aliphatic carbocycles. The van der Waals surface area contributed by atoms with Gasteiger partial charge in [-0.3, -0.25) is 0 Å². The third kappa shape index (κ3) is 3.13. The number of hydrogen-bond acceptors (Lipinski definition) is 1. The van der Waals surface area contributed by atoms with Gasteiger partial charge in [0.15, 0.2) is 5.83 Å². The van der Waals surface area contributed by atoms with E-state index in [1.807, 2.05) is 0 Å². The van der Waals surface area contributed by atoms with E-state index in [9.17, 15) is 18.3 Å². The summed E-state index contributed by atoms with van der Waals surface area (Å²) in [6, 6.07) is 7.24. The SMILES string of the molecule is CC([O-])(C(F)=C(F)F)c1ccccc1.[Li+]. The van der Waals surface area contributed by atoms with Gasteiger partial charge in [-0.25, -0.2) is 4.39 Å². The van der Waals surface area contributed by atoms with E-state index in [0.717, 1.165) is 6.92 Å². The second kappa shape index (κ2) is 5.41. The van der Waals surface area contributed by atoms with E-state index < -0.39 is 17.5 Å². The van der Waals surface area contributed by atoms with Crippen molar-refractivity contribution in [2.45, 2.75) is 12.5 Å². The van der Waals surface area contributed by atoms with Crippen molar-refractivity contribution in [3.8, 4) is 0 Å². The van der Waals surface area contributed by atoms with Crippen LogP contribution in [0.25, 0.3) is 0 Å². The molecule has 0 radical (unpaired) electrons. The molecule has 1 atom stereocenters. The molecule has 1 nitrogen and oxygen atoms in total. The predicted octanol–water partition coefficient (Wildman–Crippen LogP) is -0.656. The van der Waals surface area contributed by atoms with Gasteiger partial charge in [0.05, 0.1) is 0 Å². The van der Waals surface area contributed by atoms with Crippen LogP contribution < -0.4 is 24.0 Å². The molecule has 0 saturated carbocycles. The van der Waals surface area contributed by atoms with Gasteiger partial charge in [-0.15, -0.1) is 0 Å². The smallest absolute Gasteiger partial charge is 0.841 e. The normalized spacial score (nSPS) is 13.7. The summed E-state index contributed by atoms with van der Waals surface area (Å²) in [5.41, 5.74) is -2.54. The summed E-state index contributed by atoms with van der Waals surface area (Å²) >= 11 is 0. The molecule has 0 amide bonds. The van der Waals surface area contributed by atoms with Crippen LogP contribution in [0.15, 0.2) is 42.2 Å². The van der Waals surface area contributed by atoms with Crippen molar-refractivity contribution in [2.75, 3.05) is 0 Å². The largest absolute Gasteiger partial charge is 1.00 e. The topological polar surface area (TPSA) is 23.1 Å². The third-order valence-corrected chi connectivity index (χ3v) is 1.91. The van der Waals surface area contributed by atoms with Crippen molar-refractivity contribution in [1.29, 1.82) is 0 Å². The first-order valence-corrected chi connectivity index (χ1v) is 3.93. The maximum absolute atomic E-state index is 12.8. The summed E-state index contributed by atoms with van der Waals surface area (Å²) in [4.78, 5) is 0. The molecule has 0 N–H and O–H groups in total. The quantitative estimate of drug-likeness (QED) is 0.592. The fourth-order valence-corrected chi connectivity index (χ4v) is 1.06. The molecule has 1 aromatic rings. The molecule has 1 aromatic carbocycles. The Bertz CT molecular complexity index is 345. The van der Waals surface area contributed by atoms with E-state index in [1.165, 1.54) is 24.3 Å². The molecule has 0 spiro atoms. The zero-order valence-corrected chi connectivity index (χ0v) is 8.43. The molecular formula is C10H8F3LiO. The first kappa shape index (κ1) is 14.3. The van der Waals surface area contributed by atoms with Crippen LogP contribution in [0.3, 0.4) is 0 Å². The van der Waals surface area contributed by atoms with Gasteiger partial charge in [0.1, 0.15) is 0 Å². The second-order valence-electron chi connectivity index (χ2n) is 2.97. The Labute approximate surface area is 97.8 Å². The molecule has 0 heterocycles. The maximum Gasteiger partial charge on any atom is 1.00 e. The van der Waals surface area contributed by atoms with Gasteiger partial charge in [-0.2, -0.15) is 8.78 Å². The number of rotatable bonds is 2. The molecule has 0 fully saturated rings. The molecule has 0 aliphatic rings. The summed E-state index contributed by atoms with van der Waals surface area (Å²) in [7, 11) is 0. The molecule has 5 heteroatoms. The Morgan fingerprint density at radius 3 is 2.00 bits per heavy atom. The number of benzene rings is 1. The van der Waals surface area contributed by atoms with Gasteiger partial charge >= 0.3 is 24.9 Å². The van der Waals surface area contributed by atoms with Crippen LogP contribution >= 0.6 is 0 Å². The van der Waals surface area contributed by atoms with E-state index in [2.05, 4.69) is 0 Å². The zero-order valence-electron chi connectivity index (χ0n) is 8.43. The van der Waals surface area contributed by atoms with Gasteiger partial charge in [0, 0.05) is 0 Å². The van der Waals surface area contributed by atoms with Crippen LogP contribution in [0.2, 0.25) is 0 Å². The van der Waals surface area contributed by atoms with E-state index in [0.29, 0.717) is 0 Å². The van der Waals surface area contributed by atoms with Crippen molar-refractivity contribution in [2.24, 2.45) is 0 Å². The summed E-state index contributed by atoms with van der Waals surface area (Å²) in [5.74, 6) is -1.93. The van der Waals surface area contributed by atoms with Crippen LogP contribution in [-0.4, -0.2) is 0 Å². The van der Waals surface area contributed by atoms with Crippen molar-refractivity contribution in [3.63, 3.8) is 0 Å². The predicted molar refractivity (Wildman–Crippen MR) is 44.1 cm³/mol. The first-order chi connectivity index (χ1) is 6.46. The molecule has 1 rings (SSSR count). The summed E-state index contributed by atoms with van der Waals surface area (Å²) in [6.07, 6.45) is -2.56. The van der Waals surface area contributed by atoms with Gasteiger partial charge in [0.2, 0.25) is 0 Å². The zero-order chi connectivity index (χ0) is 10.8. The molecule has 0 bridgehead atoms. The summed E-state index contributed by atoms with van der Waals surface area (Å²) in [6.45, 7) is 0.872. The van der Waals surface area contributed by atoms with E-state index in [1.54, 1.807) is 6.07 Å². The monoisotopic (exact) mass is 208 g/mol. The fourth-order valence-electron chi connectivity index (χ4n) is 1.06. The molecule has 0 aromatic heterocycles. The Morgan fingerprint density at radius 1 is 1.13 bits per heavy atom. The summed E-state index contributed by atoms with van der Waals surface area (Å²) < 4.78 is 36.6. The molecular weight excluding hydrogens is 200 g/mol. The van der Waals surface area contributed by atoms with Gasteiger partial charge in [-0.05, 0) is 5.60 Å². The molecule has 76 valence electrons. The maximum atomic E-state index is 12.8. The minimum Gasteiger partial charge on any atom is -0.841 e. The standard InChI is InChI=1S/C10H8F3O.Li/c1-10(14,8(11)9(12)13)7-5-3-2-4-6-7;/h2-6H,1H3;/q-1;+1. The average Bonchev–Trinajstić information content (AvgIpc) is 2.18. The molecule has 0 saturated heterocycles. The minimum absolute atomic E-state index is 0. The van der Waals surface area contributed by atoms with E-state index in [4.69, 9.17) is 0 Å². The second-order valence-corrected chi connectivity index (χ2v) is 2.97. The van der Waals surface area contributed by atoms with Crippen LogP contribution in [0, 0.1) is 0 Å². The van der Waals surface area contributed by atoms with Crippen LogP contribution in [0.4, 0.5) is 13.2 Å². The van der Waals surface area contributed by atoms with Gasteiger partial charge in [0.25, 0.3) is 0 Å². The Morgan fingerprint density at radius 2 is 1.60 bits per heavy atom. The van der Waals surface area contributed by atoms with Gasteiger partial charge < -0.3 is 5.11 Å². The average molecular weight is 208 g/mol. The Kier molecular flexibility index (Phi) is 5.16. The van der Waals surface area contributed by atoms with Crippen molar-refractivity contribution in [3.05, 3.63) is 47.8 Å². The third-order valence-electron chi connectivity index (χ3n) is 1.91. The first-order valence-electron chi connectivity index (χ1n) is 3.93. The fraction of sp³-hybridized carbons (Fsp3) is 0.200. The minimum atomic E-state index is -2.56. The van der Waals surface area contributed by atoms with Crippen LogP contribution in [0.1, 0.15) is 12.5 Å². The number of halogens is 3. The van der Waals surface area contributed by atoms with Crippen LogP contribution in [0.5, 0.6) is 0 Å². The molecule has 0 aliphatic heterocycles. The van der Waals surface area contributed by atoms with Gasteiger partial charge in [-0.1, -0.05) is 42.8 Å². The Hall–Kier alpha value is -0.693. The Balaban J connectivity index is 0.00000196. The van der Waals surface area contributed by atoms with Crippen molar-refractivity contribution >= 4 is 0 Å². The van der Waals surface area contributed by atoms with E-state index >= 15 is 0 Å². The molecule has 1 unspecified atom stereocenters. The number of hydrogen-bond donors (Lipinski definition) is 0. The van der Waals surface area contributed by atoms with Crippen LogP contribution in [-0.2, 0) is 5.60 Å². The van der Waals surface area contributed by atoms with Crippen molar-refractivity contribution < 1.29 is 37.1 Å².